The summed E-state index contributed by atoms with van der Waals surface area (Å²) in [5.74, 6) is 0.821. The fraction of sp³-hybridized carbons (Fsp3) is 0.444. The Morgan fingerprint density at radius 2 is 1.92 bits per heavy atom. The smallest absolute Gasteiger partial charge is 0.255 e. The third kappa shape index (κ3) is 5.57. The minimum Gasteiger partial charge on any atom is -0.492 e. The lowest BCUT2D eigenvalue weighted by atomic mass is 10.1. The number of morpholine rings is 1. The number of nitrogens with zero attached hydrogens (tertiary/aromatic N) is 5. The van der Waals surface area contributed by atoms with Gasteiger partial charge in [0, 0.05) is 38.0 Å². The molecule has 5 rings (SSSR count). The van der Waals surface area contributed by atoms with Gasteiger partial charge in [-0.2, -0.15) is 0 Å². The molecule has 0 amide bonds. The second-order valence-corrected chi connectivity index (χ2v) is 9.32. The van der Waals surface area contributed by atoms with E-state index in [1.165, 1.54) is 55.2 Å². The second kappa shape index (κ2) is 11.2. The van der Waals surface area contributed by atoms with Crippen molar-refractivity contribution in [1.29, 1.82) is 0 Å². The van der Waals surface area contributed by atoms with Crippen LogP contribution in [0, 0.1) is 5.82 Å². The Labute approximate surface area is 210 Å². The van der Waals surface area contributed by atoms with Gasteiger partial charge in [-0.1, -0.05) is 18.6 Å². The molecule has 3 aromatic rings. The molecule has 2 fully saturated rings. The van der Waals surface area contributed by atoms with Gasteiger partial charge in [0.2, 0.25) is 5.95 Å². The highest BCUT2D eigenvalue weighted by Gasteiger charge is 2.25. The molecule has 1 atom stereocenters. The maximum Gasteiger partial charge on any atom is 0.255 e. The summed E-state index contributed by atoms with van der Waals surface area (Å²) in [5.41, 5.74) is 1.33. The van der Waals surface area contributed by atoms with Gasteiger partial charge in [0.1, 0.15) is 18.5 Å². The number of aromatic nitrogens is 3. The summed E-state index contributed by atoms with van der Waals surface area (Å²) in [5, 5.41) is 0. The highest BCUT2D eigenvalue weighted by atomic mass is 19.1. The van der Waals surface area contributed by atoms with E-state index in [-0.39, 0.29) is 17.2 Å². The number of likely N-dealkylation sites (tertiary alicyclic amines) is 1. The van der Waals surface area contributed by atoms with Gasteiger partial charge in [0.05, 0.1) is 25.0 Å². The molecule has 36 heavy (non-hydrogen) atoms. The van der Waals surface area contributed by atoms with Crippen LogP contribution in [0.15, 0.2) is 53.6 Å². The lowest BCUT2D eigenvalue weighted by molar-refractivity contribution is 0.0389. The zero-order valence-corrected chi connectivity index (χ0v) is 20.6. The van der Waals surface area contributed by atoms with Gasteiger partial charge in [0.15, 0.2) is 5.82 Å². The van der Waals surface area contributed by atoms with E-state index in [4.69, 9.17) is 9.47 Å². The molecule has 2 aliphatic heterocycles. The number of hydrogen-bond donors (Lipinski definition) is 0. The van der Waals surface area contributed by atoms with Gasteiger partial charge in [-0.15, -0.1) is 0 Å². The zero-order valence-electron chi connectivity index (χ0n) is 20.6. The van der Waals surface area contributed by atoms with Crippen LogP contribution in [0.25, 0.3) is 11.3 Å². The number of halogens is 1. The molecule has 0 bridgehead atoms. The number of rotatable bonds is 7. The van der Waals surface area contributed by atoms with Crippen molar-refractivity contribution >= 4 is 5.95 Å². The van der Waals surface area contributed by atoms with Crippen LogP contribution in [0.1, 0.15) is 30.9 Å². The maximum absolute atomic E-state index is 14.3. The predicted octanol–water partition coefficient (Wildman–Crippen LogP) is 3.42. The quantitative estimate of drug-likeness (QED) is 0.499. The summed E-state index contributed by atoms with van der Waals surface area (Å²) in [6.45, 7) is 5.56. The Hall–Kier alpha value is -3.30. The Kier molecular flexibility index (Phi) is 7.58. The van der Waals surface area contributed by atoms with Crippen LogP contribution < -0.4 is 15.2 Å². The van der Waals surface area contributed by atoms with Gasteiger partial charge < -0.3 is 14.4 Å². The Morgan fingerprint density at radius 3 is 2.69 bits per heavy atom. The number of piperidine rings is 1. The van der Waals surface area contributed by atoms with E-state index in [1.807, 2.05) is 29.2 Å². The molecular formula is C27H32FN5O3. The van der Waals surface area contributed by atoms with Crippen LogP contribution in [-0.4, -0.2) is 65.4 Å². The fourth-order valence-electron chi connectivity index (χ4n) is 4.82. The minimum atomic E-state index is -0.512. The average Bonchev–Trinajstić information content (AvgIpc) is 2.91. The molecule has 0 N–H and O–H groups in total. The van der Waals surface area contributed by atoms with Crippen molar-refractivity contribution in [2.75, 3.05) is 50.8 Å². The first-order valence-corrected chi connectivity index (χ1v) is 12.6. The van der Waals surface area contributed by atoms with Gasteiger partial charge in [-0.05, 0) is 49.7 Å². The SMILES string of the molecule is Cn1c(N2CCO[C@@H](c3ccc(OCCN4CCCCC4)cc3)C2)nc(-c2ccncc2F)cc1=O. The number of ether oxygens (including phenoxy) is 2. The molecule has 2 aliphatic rings. The van der Waals surface area contributed by atoms with Crippen molar-refractivity contribution in [3.63, 3.8) is 0 Å². The lowest BCUT2D eigenvalue weighted by Crippen LogP contribution is -2.41. The van der Waals surface area contributed by atoms with Gasteiger partial charge in [0.25, 0.3) is 5.56 Å². The number of anilines is 1. The van der Waals surface area contributed by atoms with Crippen molar-refractivity contribution in [3.8, 4) is 17.0 Å². The Balaban J connectivity index is 1.26. The normalized spacial score (nSPS) is 18.8. The van der Waals surface area contributed by atoms with Crippen molar-refractivity contribution in [1.82, 2.24) is 19.4 Å². The third-order valence-corrected chi connectivity index (χ3v) is 6.89. The first kappa shape index (κ1) is 24.4. The largest absolute Gasteiger partial charge is 0.492 e. The second-order valence-electron chi connectivity index (χ2n) is 9.32. The standard InChI is InChI=1S/C27H32FN5O3/c1-31-26(34)17-24(22-9-10-29-18-23(22)28)30-27(31)33-14-16-36-25(19-33)20-5-7-21(8-6-20)35-15-13-32-11-3-2-4-12-32/h5-10,17-18,25H,2-4,11-16,19H2,1H3/t25-/m1/s1. The van der Waals surface area contributed by atoms with E-state index < -0.39 is 5.82 Å². The number of pyridine rings is 1. The van der Waals surface area contributed by atoms with E-state index in [2.05, 4.69) is 14.9 Å². The number of hydrogen-bond acceptors (Lipinski definition) is 7. The molecule has 9 heteroatoms. The van der Waals surface area contributed by atoms with Crippen molar-refractivity contribution < 1.29 is 13.9 Å². The molecule has 0 unspecified atom stereocenters. The summed E-state index contributed by atoms with van der Waals surface area (Å²) in [4.78, 5) is 25.6. The molecule has 0 saturated carbocycles. The molecule has 1 aromatic carbocycles. The topological polar surface area (TPSA) is 72.7 Å². The average molecular weight is 494 g/mol. The van der Waals surface area contributed by atoms with Gasteiger partial charge in [-0.25, -0.2) is 9.37 Å². The molecular weight excluding hydrogens is 461 g/mol. The van der Waals surface area contributed by atoms with E-state index in [0.29, 0.717) is 37.9 Å². The molecule has 2 aromatic heterocycles. The fourth-order valence-corrected chi connectivity index (χ4v) is 4.82. The van der Waals surface area contributed by atoms with E-state index in [1.54, 1.807) is 7.05 Å². The summed E-state index contributed by atoms with van der Waals surface area (Å²) >= 11 is 0. The summed E-state index contributed by atoms with van der Waals surface area (Å²) in [6.07, 6.45) is 6.33. The van der Waals surface area contributed by atoms with Crippen LogP contribution in [-0.2, 0) is 11.8 Å². The molecule has 190 valence electrons. The first-order chi connectivity index (χ1) is 17.6. The van der Waals surface area contributed by atoms with Crippen LogP contribution in [0.4, 0.5) is 10.3 Å². The summed E-state index contributed by atoms with van der Waals surface area (Å²) in [7, 11) is 1.68. The predicted molar refractivity (Wildman–Crippen MR) is 136 cm³/mol. The molecule has 4 heterocycles. The maximum atomic E-state index is 14.3. The number of benzene rings is 1. The van der Waals surface area contributed by atoms with Crippen LogP contribution >= 0.6 is 0 Å². The van der Waals surface area contributed by atoms with Gasteiger partial charge in [-0.3, -0.25) is 19.2 Å². The zero-order chi connectivity index (χ0) is 24.9. The third-order valence-electron chi connectivity index (χ3n) is 6.89. The molecule has 0 radical (unpaired) electrons. The summed E-state index contributed by atoms with van der Waals surface area (Å²) < 4.78 is 27.8. The van der Waals surface area contributed by atoms with Crippen molar-refractivity contribution in [2.24, 2.45) is 7.05 Å². The molecule has 0 spiro atoms. The highest BCUT2D eigenvalue weighted by molar-refractivity contribution is 5.60. The van der Waals surface area contributed by atoms with E-state index in [0.717, 1.165) is 24.1 Å². The Morgan fingerprint density at radius 1 is 1.11 bits per heavy atom. The first-order valence-electron chi connectivity index (χ1n) is 12.6. The van der Waals surface area contributed by atoms with Crippen LogP contribution in [0.3, 0.4) is 0 Å². The monoisotopic (exact) mass is 493 g/mol. The van der Waals surface area contributed by atoms with Gasteiger partial charge >= 0.3 is 0 Å². The molecule has 0 aliphatic carbocycles. The van der Waals surface area contributed by atoms with E-state index >= 15 is 0 Å². The highest BCUT2D eigenvalue weighted by Crippen LogP contribution is 2.28. The minimum absolute atomic E-state index is 0.181. The molecule has 8 nitrogen and oxygen atoms in total. The van der Waals surface area contributed by atoms with Crippen LogP contribution in [0.2, 0.25) is 0 Å². The molecule has 2 saturated heterocycles. The summed E-state index contributed by atoms with van der Waals surface area (Å²) in [6, 6.07) is 10.9. The Bertz CT molecular complexity index is 1230. The lowest BCUT2D eigenvalue weighted by Gasteiger charge is -2.34. The van der Waals surface area contributed by atoms with Crippen molar-refractivity contribution in [2.45, 2.75) is 25.4 Å². The van der Waals surface area contributed by atoms with Crippen LogP contribution in [0.5, 0.6) is 5.75 Å². The van der Waals surface area contributed by atoms with E-state index in [9.17, 15) is 9.18 Å². The van der Waals surface area contributed by atoms with Crippen molar-refractivity contribution in [3.05, 3.63) is 70.5 Å².